The second-order valence-electron chi connectivity index (χ2n) is 17.8. The molecule has 15 N–H and O–H groups in total. The number of ether oxygens (including phenoxy) is 10. The van der Waals surface area contributed by atoms with Gasteiger partial charge in [-0.3, -0.25) is 19.2 Å². The van der Waals surface area contributed by atoms with E-state index in [-0.39, 0.29) is 124 Å². The fraction of sp³-hybridized carbons (Fsp3) is 0.909. The van der Waals surface area contributed by atoms with Crippen LogP contribution in [0.4, 0.5) is 0 Å². The zero-order valence-electron chi connectivity index (χ0n) is 41.4. The maximum Gasteiger partial charge on any atom is 0.222 e. The third kappa shape index (κ3) is 21.9. The molecule has 73 heavy (non-hydrogen) atoms. The molecular weight excluding hydrogens is 984 g/mol. The van der Waals surface area contributed by atoms with E-state index in [2.05, 4.69) is 21.3 Å². The summed E-state index contributed by atoms with van der Waals surface area (Å²) in [5.74, 6) is -2.23. The number of hydrogen-bond acceptors (Lipinski definition) is 25. The van der Waals surface area contributed by atoms with Crippen LogP contribution in [-0.4, -0.2) is 284 Å². The molecule has 0 radical (unpaired) electrons. The van der Waals surface area contributed by atoms with Crippen LogP contribution in [0.1, 0.15) is 39.5 Å². The van der Waals surface area contributed by atoms with Gasteiger partial charge in [0, 0.05) is 57.8 Å². The van der Waals surface area contributed by atoms with Crippen molar-refractivity contribution in [2.75, 3.05) is 119 Å². The molecule has 3 heterocycles. The average Bonchev–Trinajstić information content (AvgIpc) is 3.37. The van der Waals surface area contributed by atoms with Gasteiger partial charge in [-0.2, -0.15) is 0 Å². The van der Waals surface area contributed by atoms with Gasteiger partial charge < -0.3 is 125 Å². The molecule has 3 aliphatic heterocycles. The van der Waals surface area contributed by atoms with Gasteiger partial charge in [0.05, 0.1) is 104 Å². The van der Waals surface area contributed by atoms with Gasteiger partial charge in [0.1, 0.15) is 61.0 Å². The third-order valence-electron chi connectivity index (χ3n) is 11.9. The Morgan fingerprint density at radius 3 is 1.04 bits per heavy atom. The predicted octanol–water partition coefficient (Wildman–Crippen LogP) is -8.19. The average molecular weight is 1070 g/mol. The van der Waals surface area contributed by atoms with E-state index in [1.165, 1.54) is 0 Å². The van der Waals surface area contributed by atoms with Crippen molar-refractivity contribution in [3.05, 3.63) is 0 Å². The van der Waals surface area contributed by atoms with E-state index in [1.807, 2.05) is 0 Å². The molecule has 29 nitrogen and oxygen atoms in total. The van der Waals surface area contributed by atoms with Gasteiger partial charge >= 0.3 is 0 Å². The molecular formula is C44H80N4O25. The van der Waals surface area contributed by atoms with E-state index < -0.39 is 135 Å². The Hall–Kier alpha value is -2.96. The van der Waals surface area contributed by atoms with Crippen molar-refractivity contribution in [2.24, 2.45) is 11.3 Å². The van der Waals surface area contributed by atoms with E-state index in [0.717, 1.165) is 0 Å². The molecule has 0 unspecified atom stereocenters. The van der Waals surface area contributed by atoms with Crippen LogP contribution in [0.15, 0.2) is 0 Å². The molecule has 4 amide bonds. The van der Waals surface area contributed by atoms with E-state index in [1.54, 1.807) is 13.8 Å². The first-order valence-corrected chi connectivity index (χ1v) is 24.4. The number of nitrogens with one attached hydrogen (secondary N) is 4. The van der Waals surface area contributed by atoms with Crippen LogP contribution >= 0.6 is 0 Å². The summed E-state index contributed by atoms with van der Waals surface area (Å²) in [7, 11) is 0. The highest BCUT2D eigenvalue weighted by atomic mass is 16.7. The quantitative estimate of drug-likeness (QED) is 0.0259. The molecule has 0 bridgehead atoms. The number of hydrogen-bond donors (Lipinski definition) is 15. The molecule has 0 aliphatic carbocycles. The zero-order valence-corrected chi connectivity index (χ0v) is 41.4. The van der Waals surface area contributed by atoms with Crippen LogP contribution in [0.2, 0.25) is 0 Å². The van der Waals surface area contributed by atoms with Gasteiger partial charge in [-0.15, -0.1) is 0 Å². The van der Waals surface area contributed by atoms with Crippen LogP contribution < -0.4 is 21.3 Å². The first-order chi connectivity index (χ1) is 34.9. The fourth-order valence-corrected chi connectivity index (χ4v) is 7.53. The summed E-state index contributed by atoms with van der Waals surface area (Å²) in [6.07, 6.45) is -19.5. The summed E-state index contributed by atoms with van der Waals surface area (Å²) < 4.78 is 56.2. The number of amides is 4. The van der Waals surface area contributed by atoms with Gasteiger partial charge in [0.25, 0.3) is 0 Å². The molecule has 0 spiro atoms. The molecule has 0 aromatic heterocycles. The lowest BCUT2D eigenvalue weighted by molar-refractivity contribution is -0.300. The Bertz CT molecular complexity index is 1420. The summed E-state index contributed by atoms with van der Waals surface area (Å²) in [6, 6.07) is 0. The Labute approximate surface area is 422 Å². The fourth-order valence-electron chi connectivity index (χ4n) is 7.53. The number of carbonyl (C=O) groups is 4. The summed E-state index contributed by atoms with van der Waals surface area (Å²) in [4.78, 5) is 50.4. The van der Waals surface area contributed by atoms with E-state index in [9.17, 15) is 75.3 Å². The Kier molecular flexibility index (Phi) is 30.5. The Balaban J connectivity index is 1.56. The first kappa shape index (κ1) is 64.3. The van der Waals surface area contributed by atoms with Crippen molar-refractivity contribution in [3.63, 3.8) is 0 Å². The lowest BCUT2D eigenvalue weighted by Gasteiger charge is -2.40. The van der Waals surface area contributed by atoms with Crippen LogP contribution in [0.5, 0.6) is 0 Å². The molecule has 3 fully saturated rings. The standard InChI is InChI=1S/C44H80N4O25/c1-3-45-29(52)4-11-64-21-44(22-65-12-5-30(53)46-8-15-68-41-34(57)25(2)33(56)26(18-49)71-41,23-66-13-6-31(54)47-9-16-69-42-39(62)37(60)35(58)27(19-50)72-42)24-67-14-7-32(55)48-10-17-70-43-40(63)38(61)36(59)28(20-51)73-43/h25-28,33-43,49-51,56-63H,3-24H2,1-2H3,(H,45,52)(H,46,53)(H,47,54)(H,48,55)/t25-,26+,27+,28+,33-,34-,35+,36+,37-,38-,39-,40-,41-,42-,43-/m0/s1. The monoisotopic (exact) mass is 1060 g/mol. The van der Waals surface area contributed by atoms with Gasteiger partial charge in [-0.1, -0.05) is 6.92 Å². The highest BCUT2D eigenvalue weighted by Gasteiger charge is 2.46. The molecule has 3 rings (SSSR count). The van der Waals surface area contributed by atoms with E-state index in [0.29, 0.717) is 6.54 Å². The first-order valence-electron chi connectivity index (χ1n) is 24.4. The minimum atomic E-state index is -1.63. The molecule has 0 saturated carbocycles. The van der Waals surface area contributed by atoms with Crippen LogP contribution in [-0.2, 0) is 66.5 Å². The van der Waals surface area contributed by atoms with E-state index >= 15 is 0 Å². The van der Waals surface area contributed by atoms with Crippen LogP contribution in [0.25, 0.3) is 0 Å². The van der Waals surface area contributed by atoms with Crippen molar-refractivity contribution >= 4 is 23.6 Å². The minimum absolute atomic E-state index is 0.0116. The summed E-state index contributed by atoms with van der Waals surface area (Å²) in [5, 5.41) is 120. The van der Waals surface area contributed by atoms with Crippen LogP contribution in [0, 0.1) is 11.3 Å². The lowest BCUT2D eigenvalue weighted by atomic mass is 9.91. The number of aliphatic hydroxyl groups is 11. The highest BCUT2D eigenvalue weighted by molar-refractivity contribution is 5.77. The summed E-state index contributed by atoms with van der Waals surface area (Å²) in [5.41, 5.74) is -1.14. The number of rotatable bonds is 36. The molecule has 0 aromatic rings. The smallest absolute Gasteiger partial charge is 0.222 e. The zero-order chi connectivity index (χ0) is 53.9. The van der Waals surface area contributed by atoms with Gasteiger partial charge in [-0.05, 0) is 6.92 Å². The molecule has 29 heteroatoms. The van der Waals surface area contributed by atoms with E-state index in [4.69, 9.17) is 47.4 Å². The summed E-state index contributed by atoms with van der Waals surface area (Å²) in [6.45, 7) is 0.606. The lowest BCUT2D eigenvalue weighted by Crippen LogP contribution is -2.59. The Morgan fingerprint density at radius 2 is 0.726 bits per heavy atom. The van der Waals surface area contributed by atoms with Crippen molar-refractivity contribution in [2.45, 2.75) is 126 Å². The predicted molar refractivity (Wildman–Crippen MR) is 244 cm³/mol. The normalized spacial score (nSPS) is 30.7. The molecule has 15 atom stereocenters. The van der Waals surface area contributed by atoms with Crippen LogP contribution in [0.3, 0.4) is 0 Å². The van der Waals surface area contributed by atoms with Gasteiger partial charge in [-0.25, -0.2) is 0 Å². The van der Waals surface area contributed by atoms with Crippen molar-refractivity contribution in [1.29, 1.82) is 0 Å². The molecule has 0 aromatic carbocycles. The van der Waals surface area contributed by atoms with Crippen molar-refractivity contribution in [3.8, 4) is 0 Å². The maximum atomic E-state index is 12.7. The summed E-state index contributed by atoms with van der Waals surface area (Å²) >= 11 is 0. The topological polar surface area (TPSA) is 431 Å². The van der Waals surface area contributed by atoms with Crippen molar-refractivity contribution < 1.29 is 123 Å². The SMILES string of the molecule is CCNC(=O)CCOCC(COCCC(=O)NCCO[C@H]1O[C@H](CO)[C@@H](O)[C@H](C)[C@@H]1O)(COCCC(=O)NCCO[C@H]1O[C@H](CO)[C@@H](O)[C@H](O)[C@@H]1O)COCCC(=O)NCCO[C@H]1O[C@H](CO)[C@@H](O)[C@H](O)[C@@H]1O. The molecule has 3 saturated heterocycles. The molecule has 426 valence electrons. The minimum Gasteiger partial charge on any atom is -0.394 e. The Morgan fingerprint density at radius 1 is 0.425 bits per heavy atom. The van der Waals surface area contributed by atoms with Gasteiger partial charge in [0.2, 0.25) is 23.6 Å². The van der Waals surface area contributed by atoms with Gasteiger partial charge in [0.15, 0.2) is 18.9 Å². The third-order valence-corrected chi connectivity index (χ3v) is 11.9. The highest BCUT2D eigenvalue weighted by Crippen LogP contribution is 2.27. The maximum absolute atomic E-state index is 12.7. The second-order valence-corrected chi connectivity index (χ2v) is 17.8. The number of carbonyl (C=O) groups excluding carboxylic acids is 4. The van der Waals surface area contributed by atoms with Crippen molar-refractivity contribution in [1.82, 2.24) is 21.3 Å². The molecule has 3 aliphatic rings. The largest absolute Gasteiger partial charge is 0.394 e. The number of aliphatic hydroxyl groups excluding tert-OH is 11. The second kappa shape index (κ2) is 34.7.